The van der Waals surface area contributed by atoms with Crippen LogP contribution in [0.4, 0.5) is 5.82 Å². The van der Waals surface area contributed by atoms with Crippen molar-refractivity contribution in [1.82, 2.24) is 15.1 Å². The summed E-state index contributed by atoms with van der Waals surface area (Å²) in [7, 11) is 0. The Bertz CT molecular complexity index is 728. The van der Waals surface area contributed by atoms with Crippen molar-refractivity contribution in [3.05, 3.63) is 36.0 Å². The van der Waals surface area contributed by atoms with Crippen molar-refractivity contribution in [2.24, 2.45) is 11.8 Å². The summed E-state index contributed by atoms with van der Waals surface area (Å²) in [5.41, 5.74) is 1.25. The van der Waals surface area contributed by atoms with Crippen LogP contribution in [-0.2, 0) is 6.54 Å². The van der Waals surface area contributed by atoms with Gasteiger partial charge in [0.25, 0.3) is 0 Å². The second-order valence-electron chi connectivity index (χ2n) is 7.18. The van der Waals surface area contributed by atoms with Gasteiger partial charge in [-0.15, -0.1) is 0 Å². The molecule has 2 aromatic rings. The van der Waals surface area contributed by atoms with Crippen molar-refractivity contribution >= 4 is 5.82 Å². The fourth-order valence-corrected chi connectivity index (χ4v) is 3.61. The van der Waals surface area contributed by atoms with Gasteiger partial charge in [-0.2, -0.15) is 5.10 Å². The first kappa shape index (κ1) is 16.3. The molecule has 2 atom stereocenters. The summed E-state index contributed by atoms with van der Waals surface area (Å²) in [4.78, 5) is 0. The van der Waals surface area contributed by atoms with Gasteiger partial charge >= 0.3 is 0 Å². The van der Waals surface area contributed by atoms with Gasteiger partial charge < -0.3 is 20.1 Å². The third-order valence-electron chi connectivity index (χ3n) is 4.94. The molecule has 0 amide bonds. The van der Waals surface area contributed by atoms with E-state index in [-0.39, 0.29) is 6.04 Å². The summed E-state index contributed by atoms with van der Waals surface area (Å²) in [6, 6.07) is 8.61. The van der Waals surface area contributed by atoms with Crippen LogP contribution in [0.1, 0.15) is 25.5 Å². The van der Waals surface area contributed by atoms with Gasteiger partial charge in [-0.25, -0.2) is 4.68 Å². The van der Waals surface area contributed by atoms with Crippen LogP contribution in [0.2, 0.25) is 0 Å². The maximum absolute atomic E-state index is 5.74. The number of rotatable bonds is 5. The molecular weight excluding hydrogens is 316 g/mol. The van der Waals surface area contributed by atoms with E-state index in [9.17, 15) is 0 Å². The summed E-state index contributed by atoms with van der Waals surface area (Å²) >= 11 is 0. The van der Waals surface area contributed by atoms with E-state index in [1.807, 2.05) is 23.0 Å². The molecule has 2 aliphatic heterocycles. The van der Waals surface area contributed by atoms with Crippen molar-refractivity contribution in [2.75, 3.05) is 31.6 Å². The summed E-state index contributed by atoms with van der Waals surface area (Å²) in [5.74, 6) is 3.82. The molecule has 0 aliphatic carbocycles. The van der Waals surface area contributed by atoms with E-state index in [0.29, 0.717) is 25.0 Å². The van der Waals surface area contributed by atoms with Crippen LogP contribution in [0, 0.1) is 11.8 Å². The van der Waals surface area contributed by atoms with Gasteiger partial charge in [0.05, 0.1) is 6.20 Å². The molecule has 1 aromatic heterocycles. The van der Waals surface area contributed by atoms with Crippen molar-refractivity contribution < 1.29 is 9.47 Å². The SMILES string of the molecule is CC(C)C(NCC1CNc2ccnn2C1)c1ccc2c(c1)OCCO2. The third kappa shape index (κ3) is 3.44. The van der Waals surface area contributed by atoms with Crippen LogP contribution in [0.15, 0.2) is 30.5 Å². The number of anilines is 1. The monoisotopic (exact) mass is 342 g/mol. The minimum absolute atomic E-state index is 0.287. The summed E-state index contributed by atoms with van der Waals surface area (Å²) in [6.45, 7) is 8.62. The van der Waals surface area contributed by atoms with Crippen LogP contribution in [0.3, 0.4) is 0 Å². The molecule has 2 unspecified atom stereocenters. The van der Waals surface area contributed by atoms with E-state index in [1.54, 1.807) is 0 Å². The van der Waals surface area contributed by atoms with E-state index < -0.39 is 0 Å². The van der Waals surface area contributed by atoms with E-state index in [4.69, 9.17) is 9.47 Å². The fraction of sp³-hybridized carbons (Fsp3) is 0.526. The normalized spacial score (nSPS) is 20.0. The Kier molecular flexibility index (Phi) is 4.53. The molecule has 1 aromatic carbocycles. The number of aromatic nitrogens is 2. The number of hydrogen-bond donors (Lipinski definition) is 2. The van der Waals surface area contributed by atoms with Crippen LogP contribution in [0.25, 0.3) is 0 Å². The average Bonchev–Trinajstić information content (AvgIpc) is 3.09. The molecule has 4 rings (SSSR count). The number of hydrogen-bond acceptors (Lipinski definition) is 5. The smallest absolute Gasteiger partial charge is 0.161 e. The van der Waals surface area contributed by atoms with Gasteiger partial charge in [0, 0.05) is 37.7 Å². The van der Waals surface area contributed by atoms with Gasteiger partial charge in [-0.3, -0.25) is 0 Å². The Morgan fingerprint density at radius 1 is 1.24 bits per heavy atom. The molecule has 25 heavy (non-hydrogen) atoms. The van der Waals surface area contributed by atoms with Gasteiger partial charge in [-0.05, 0) is 23.6 Å². The molecule has 0 spiro atoms. The number of nitrogens with zero attached hydrogens (tertiary/aromatic N) is 2. The first-order valence-corrected chi connectivity index (χ1v) is 9.09. The highest BCUT2D eigenvalue weighted by Gasteiger charge is 2.23. The molecular formula is C19H26N4O2. The molecule has 0 fully saturated rings. The number of benzene rings is 1. The summed E-state index contributed by atoms with van der Waals surface area (Å²) in [5, 5.41) is 11.6. The van der Waals surface area contributed by atoms with Crippen LogP contribution < -0.4 is 20.1 Å². The van der Waals surface area contributed by atoms with Gasteiger partial charge in [0.2, 0.25) is 0 Å². The first-order valence-electron chi connectivity index (χ1n) is 9.09. The number of ether oxygens (including phenoxy) is 2. The average molecular weight is 342 g/mol. The standard InChI is InChI=1S/C19H26N4O2/c1-13(2)19(15-3-4-16-17(9-15)25-8-7-24-16)21-11-14-10-20-18-5-6-22-23(18)12-14/h3-6,9,13-14,19-21H,7-8,10-12H2,1-2H3. The highest BCUT2D eigenvalue weighted by Crippen LogP contribution is 2.34. The zero-order valence-corrected chi connectivity index (χ0v) is 14.9. The lowest BCUT2D eigenvalue weighted by molar-refractivity contribution is 0.171. The lowest BCUT2D eigenvalue weighted by Crippen LogP contribution is -2.38. The second-order valence-corrected chi connectivity index (χ2v) is 7.18. The maximum Gasteiger partial charge on any atom is 0.161 e. The zero-order chi connectivity index (χ0) is 17.2. The Balaban J connectivity index is 1.43. The van der Waals surface area contributed by atoms with Crippen molar-refractivity contribution in [1.29, 1.82) is 0 Å². The van der Waals surface area contributed by atoms with E-state index >= 15 is 0 Å². The van der Waals surface area contributed by atoms with E-state index in [1.165, 1.54) is 5.56 Å². The largest absolute Gasteiger partial charge is 0.486 e. The second kappa shape index (κ2) is 6.96. The summed E-state index contributed by atoms with van der Waals surface area (Å²) < 4.78 is 13.4. The minimum atomic E-state index is 0.287. The van der Waals surface area contributed by atoms with E-state index in [2.05, 4.69) is 41.7 Å². The van der Waals surface area contributed by atoms with Crippen molar-refractivity contribution in [3.8, 4) is 11.5 Å². The lowest BCUT2D eigenvalue weighted by atomic mass is 9.94. The highest BCUT2D eigenvalue weighted by atomic mass is 16.6. The predicted octanol–water partition coefficient (Wildman–Crippen LogP) is 2.68. The lowest BCUT2D eigenvalue weighted by Gasteiger charge is -2.30. The Morgan fingerprint density at radius 2 is 2.08 bits per heavy atom. The Morgan fingerprint density at radius 3 is 2.92 bits per heavy atom. The molecule has 3 heterocycles. The molecule has 134 valence electrons. The van der Waals surface area contributed by atoms with Crippen LogP contribution in [-0.4, -0.2) is 36.1 Å². The van der Waals surface area contributed by atoms with Gasteiger partial charge in [0.1, 0.15) is 19.0 Å². The minimum Gasteiger partial charge on any atom is -0.486 e. The Labute approximate surface area is 148 Å². The van der Waals surface area contributed by atoms with Crippen molar-refractivity contribution in [3.63, 3.8) is 0 Å². The fourth-order valence-electron chi connectivity index (χ4n) is 3.61. The first-order chi connectivity index (χ1) is 12.2. The van der Waals surface area contributed by atoms with E-state index in [0.717, 1.165) is 37.0 Å². The zero-order valence-electron chi connectivity index (χ0n) is 14.9. The van der Waals surface area contributed by atoms with Crippen LogP contribution >= 0.6 is 0 Å². The molecule has 0 bridgehead atoms. The quantitative estimate of drug-likeness (QED) is 0.875. The highest BCUT2D eigenvalue weighted by molar-refractivity contribution is 5.44. The molecule has 0 saturated carbocycles. The number of nitrogens with one attached hydrogen (secondary N) is 2. The topological polar surface area (TPSA) is 60.3 Å². The van der Waals surface area contributed by atoms with Gasteiger partial charge in [-0.1, -0.05) is 19.9 Å². The van der Waals surface area contributed by atoms with Crippen LogP contribution in [0.5, 0.6) is 11.5 Å². The van der Waals surface area contributed by atoms with Gasteiger partial charge in [0.15, 0.2) is 11.5 Å². The predicted molar refractivity (Wildman–Crippen MR) is 97.2 cm³/mol. The molecule has 2 aliphatic rings. The molecule has 6 heteroatoms. The molecule has 0 radical (unpaired) electrons. The van der Waals surface area contributed by atoms with Crippen molar-refractivity contribution in [2.45, 2.75) is 26.4 Å². The molecule has 0 saturated heterocycles. The summed E-state index contributed by atoms with van der Waals surface area (Å²) in [6.07, 6.45) is 1.85. The molecule has 6 nitrogen and oxygen atoms in total. The maximum atomic E-state index is 5.74. The number of fused-ring (bicyclic) bond motifs is 2. The molecule has 2 N–H and O–H groups in total. The third-order valence-corrected chi connectivity index (χ3v) is 4.94. The Hall–Kier alpha value is -2.21.